The minimum Gasteiger partial charge on any atom is -0.383 e. The van der Waals surface area contributed by atoms with Crippen molar-refractivity contribution in [2.75, 3.05) is 39.9 Å². The molecule has 1 fully saturated rings. The molecule has 1 saturated heterocycles. The number of ether oxygens (including phenoxy) is 1. The monoisotopic (exact) mass is 296 g/mol. The summed E-state index contributed by atoms with van der Waals surface area (Å²) < 4.78 is 5.09. The van der Waals surface area contributed by atoms with Crippen molar-refractivity contribution in [2.45, 2.75) is 31.8 Å². The van der Waals surface area contributed by atoms with Crippen LogP contribution in [-0.2, 0) is 14.3 Å². The number of aliphatic hydroxyl groups excluding tert-OH is 1. The summed E-state index contributed by atoms with van der Waals surface area (Å²) in [4.78, 5) is 27.5. The summed E-state index contributed by atoms with van der Waals surface area (Å²) in [6.45, 7) is 2.48. The van der Waals surface area contributed by atoms with E-state index in [9.17, 15) is 14.7 Å². The molecule has 21 heavy (non-hydrogen) atoms. The van der Waals surface area contributed by atoms with Gasteiger partial charge in [-0.2, -0.15) is 0 Å². The van der Waals surface area contributed by atoms with Crippen LogP contribution in [0.5, 0.6) is 0 Å². The van der Waals surface area contributed by atoms with Crippen molar-refractivity contribution in [1.29, 1.82) is 0 Å². The van der Waals surface area contributed by atoms with E-state index < -0.39 is 6.10 Å². The Bertz CT molecular complexity index is 422. The van der Waals surface area contributed by atoms with Crippen LogP contribution in [0.2, 0.25) is 0 Å². The molecule has 2 amide bonds. The molecule has 118 valence electrons. The molecule has 1 N–H and O–H groups in total. The minimum absolute atomic E-state index is 0.0508. The SMILES string of the molecule is COCC1=CCN(C(=O)CN2CCCCC(O)C2=O)CC1. The fourth-order valence-electron chi connectivity index (χ4n) is 2.76. The molecule has 0 radical (unpaired) electrons. The van der Waals surface area contributed by atoms with Crippen LogP contribution in [0.3, 0.4) is 0 Å². The molecule has 0 aromatic carbocycles. The second-order valence-electron chi connectivity index (χ2n) is 5.66. The summed E-state index contributed by atoms with van der Waals surface area (Å²) in [6.07, 6.45) is 4.05. The molecule has 0 aliphatic carbocycles. The number of aliphatic hydroxyl groups is 1. The Kier molecular flexibility index (Phi) is 5.76. The van der Waals surface area contributed by atoms with E-state index in [-0.39, 0.29) is 18.4 Å². The Morgan fingerprint density at radius 3 is 2.90 bits per heavy atom. The van der Waals surface area contributed by atoms with Gasteiger partial charge in [-0.15, -0.1) is 0 Å². The van der Waals surface area contributed by atoms with Gasteiger partial charge in [0.1, 0.15) is 6.10 Å². The second kappa shape index (κ2) is 7.56. The Morgan fingerprint density at radius 2 is 2.24 bits per heavy atom. The number of methoxy groups -OCH3 is 1. The van der Waals surface area contributed by atoms with Gasteiger partial charge < -0.3 is 19.6 Å². The first-order valence-corrected chi connectivity index (χ1v) is 7.53. The Morgan fingerprint density at radius 1 is 1.43 bits per heavy atom. The molecule has 2 rings (SSSR count). The lowest BCUT2D eigenvalue weighted by molar-refractivity contribution is -0.145. The topological polar surface area (TPSA) is 70.1 Å². The normalized spacial score (nSPS) is 23.8. The van der Waals surface area contributed by atoms with Crippen LogP contribution in [0.4, 0.5) is 0 Å². The maximum absolute atomic E-state index is 12.3. The Labute approximate surface area is 125 Å². The van der Waals surface area contributed by atoms with Gasteiger partial charge in [0.25, 0.3) is 5.91 Å². The molecule has 2 heterocycles. The molecule has 0 aromatic rings. The third kappa shape index (κ3) is 4.28. The zero-order valence-corrected chi connectivity index (χ0v) is 12.6. The van der Waals surface area contributed by atoms with Crippen LogP contribution in [0.15, 0.2) is 11.6 Å². The first kappa shape index (κ1) is 16.0. The molecular weight excluding hydrogens is 272 g/mol. The van der Waals surface area contributed by atoms with Gasteiger partial charge in [0.15, 0.2) is 0 Å². The van der Waals surface area contributed by atoms with E-state index in [4.69, 9.17) is 4.74 Å². The van der Waals surface area contributed by atoms with Gasteiger partial charge in [-0.25, -0.2) is 0 Å². The van der Waals surface area contributed by atoms with Crippen molar-refractivity contribution in [3.63, 3.8) is 0 Å². The van der Waals surface area contributed by atoms with Crippen LogP contribution in [-0.4, -0.2) is 72.7 Å². The lowest BCUT2D eigenvalue weighted by Crippen LogP contribution is -2.46. The minimum atomic E-state index is -0.949. The van der Waals surface area contributed by atoms with E-state index in [1.807, 2.05) is 6.08 Å². The summed E-state index contributed by atoms with van der Waals surface area (Å²) in [6, 6.07) is 0. The number of rotatable bonds is 4. The molecule has 0 aromatic heterocycles. The number of carbonyl (C=O) groups excluding carboxylic acids is 2. The molecule has 2 aliphatic rings. The highest BCUT2D eigenvalue weighted by atomic mass is 16.5. The molecule has 0 spiro atoms. The van der Waals surface area contributed by atoms with Crippen LogP contribution in [0.1, 0.15) is 25.7 Å². The summed E-state index contributed by atoms with van der Waals surface area (Å²) in [7, 11) is 1.66. The fourth-order valence-corrected chi connectivity index (χ4v) is 2.76. The van der Waals surface area contributed by atoms with Crippen LogP contribution in [0, 0.1) is 0 Å². The number of carbonyl (C=O) groups is 2. The van der Waals surface area contributed by atoms with E-state index in [0.717, 1.165) is 19.3 Å². The number of likely N-dealkylation sites (tertiary alicyclic amines) is 1. The second-order valence-corrected chi connectivity index (χ2v) is 5.66. The van der Waals surface area contributed by atoms with Crippen molar-refractivity contribution in [2.24, 2.45) is 0 Å². The van der Waals surface area contributed by atoms with Gasteiger partial charge in [-0.1, -0.05) is 6.08 Å². The highest BCUT2D eigenvalue weighted by Gasteiger charge is 2.28. The van der Waals surface area contributed by atoms with E-state index in [2.05, 4.69) is 0 Å². The number of nitrogens with zero attached hydrogens (tertiary/aromatic N) is 2. The summed E-state index contributed by atoms with van der Waals surface area (Å²) >= 11 is 0. The van der Waals surface area contributed by atoms with Gasteiger partial charge in [-0.05, 0) is 31.3 Å². The predicted octanol–water partition coefficient (Wildman–Crippen LogP) is 0.165. The van der Waals surface area contributed by atoms with Crippen molar-refractivity contribution < 1.29 is 19.4 Å². The lowest BCUT2D eigenvalue weighted by Gasteiger charge is -2.29. The summed E-state index contributed by atoms with van der Waals surface area (Å²) in [5, 5.41) is 9.71. The average molecular weight is 296 g/mol. The van der Waals surface area contributed by atoms with Gasteiger partial charge >= 0.3 is 0 Å². The number of amides is 2. The van der Waals surface area contributed by atoms with Gasteiger partial charge in [0.05, 0.1) is 13.2 Å². The van der Waals surface area contributed by atoms with E-state index in [1.165, 1.54) is 10.5 Å². The van der Waals surface area contributed by atoms with Crippen molar-refractivity contribution in [3.8, 4) is 0 Å². The maximum Gasteiger partial charge on any atom is 0.251 e. The molecule has 1 atom stereocenters. The van der Waals surface area contributed by atoms with Crippen molar-refractivity contribution >= 4 is 11.8 Å². The van der Waals surface area contributed by atoms with Gasteiger partial charge in [0.2, 0.25) is 5.91 Å². The predicted molar refractivity (Wildman–Crippen MR) is 77.6 cm³/mol. The van der Waals surface area contributed by atoms with Crippen molar-refractivity contribution in [1.82, 2.24) is 9.80 Å². The molecular formula is C15H24N2O4. The Balaban J connectivity index is 1.88. The summed E-state index contributed by atoms with van der Waals surface area (Å²) in [5.41, 5.74) is 1.21. The first-order valence-electron chi connectivity index (χ1n) is 7.53. The smallest absolute Gasteiger partial charge is 0.251 e. The highest BCUT2D eigenvalue weighted by molar-refractivity contribution is 5.87. The quantitative estimate of drug-likeness (QED) is 0.751. The zero-order valence-electron chi connectivity index (χ0n) is 12.6. The molecule has 0 saturated carbocycles. The first-order chi connectivity index (χ1) is 10.1. The standard InChI is InChI=1S/C15H24N2O4/c1-21-11-12-5-8-16(9-6-12)14(19)10-17-7-3-2-4-13(18)15(17)20/h5,13,18H,2-4,6-11H2,1H3. The molecule has 0 bridgehead atoms. The van der Waals surface area contributed by atoms with Crippen LogP contribution in [0.25, 0.3) is 0 Å². The van der Waals surface area contributed by atoms with Crippen LogP contribution >= 0.6 is 0 Å². The average Bonchev–Trinajstić information content (AvgIpc) is 2.64. The molecule has 6 nitrogen and oxygen atoms in total. The van der Waals surface area contributed by atoms with Gasteiger partial charge in [-0.3, -0.25) is 9.59 Å². The Hall–Kier alpha value is -1.40. The van der Waals surface area contributed by atoms with Crippen LogP contribution < -0.4 is 0 Å². The largest absolute Gasteiger partial charge is 0.383 e. The maximum atomic E-state index is 12.3. The van der Waals surface area contributed by atoms with E-state index in [0.29, 0.717) is 32.7 Å². The summed E-state index contributed by atoms with van der Waals surface area (Å²) in [5.74, 6) is -0.362. The van der Waals surface area contributed by atoms with Gasteiger partial charge in [0, 0.05) is 26.7 Å². The third-order valence-corrected chi connectivity index (χ3v) is 4.06. The number of hydrogen-bond acceptors (Lipinski definition) is 4. The molecule has 6 heteroatoms. The highest BCUT2D eigenvalue weighted by Crippen LogP contribution is 2.14. The molecule has 1 unspecified atom stereocenters. The molecule has 2 aliphatic heterocycles. The third-order valence-electron chi connectivity index (χ3n) is 4.06. The van der Waals surface area contributed by atoms with Crippen molar-refractivity contribution in [3.05, 3.63) is 11.6 Å². The zero-order chi connectivity index (χ0) is 15.2. The lowest BCUT2D eigenvalue weighted by atomic mass is 10.1. The number of hydrogen-bond donors (Lipinski definition) is 1. The van der Waals surface area contributed by atoms with E-state index >= 15 is 0 Å². The fraction of sp³-hybridized carbons (Fsp3) is 0.733. The van der Waals surface area contributed by atoms with E-state index in [1.54, 1.807) is 12.0 Å².